The van der Waals surface area contributed by atoms with E-state index in [-0.39, 0.29) is 5.17 Å². The molecule has 0 saturated carbocycles. The van der Waals surface area contributed by atoms with Crippen molar-refractivity contribution in [1.82, 2.24) is 5.32 Å². The maximum atomic E-state index is 6.86. The van der Waals surface area contributed by atoms with Gasteiger partial charge in [-0.25, -0.2) is 0 Å². The van der Waals surface area contributed by atoms with Gasteiger partial charge in [-0.15, -0.1) is 0 Å². The normalized spacial score (nSPS) is 11.1. The first-order valence-electron chi connectivity index (χ1n) is 2.27. The molecule has 0 radical (unpaired) electrons. The molecule has 0 spiro atoms. The van der Waals surface area contributed by atoms with Gasteiger partial charge in [0.2, 0.25) is 0 Å². The third kappa shape index (κ3) is 2.64. The molecule has 0 aromatic carbocycles. The Morgan fingerprint density at radius 1 is 1.75 bits per heavy atom. The Labute approximate surface area is 54.0 Å². The zero-order chi connectivity index (χ0) is 6.57. The van der Waals surface area contributed by atoms with Crippen molar-refractivity contribution in [2.24, 2.45) is 0 Å². The van der Waals surface area contributed by atoms with E-state index in [0.717, 1.165) is 5.57 Å². The second-order valence-corrected chi connectivity index (χ2v) is 1.81. The summed E-state index contributed by atoms with van der Waals surface area (Å²) in [6.45, 7) is 1.77. The maximum absolute atomic E-state index is 6.86. The van der Waals surface area contributed by atoms with Crippen LogP contribution in [0.25, 0.3) is 0 Å². The number of allylic oxidation sites excluding steroid dienone is 1. The summed E-state index contributed by atoms with van der Waals surface area (Å²) < 4.78 is 0. The number of halogens is 1. The highest BCUT2D eigenvalue weighted by Gasteiger charge is 1.89. The molecule has 0 rings (SSSR count). The second kappa shape index (κ2) is 3.50. The lowest BCUT2D eigenvalue weighted by atomic mass is 10.4. The molecule has 3 heteroatoms. The molecule has 0 aromatic heterocycles. The predicted octanol–water partition coefficient (Wildman–Crippen LogP) is 1.33. The van der Waals surface area contributed by atoms with Crippen molar-refractivity contribution in [3.05, 3.63) is 11.8 Å². The molecule has 2 N–H and O–H groups in total. The average Bonchev–Trinajstić information content (AvgIpc) is 1.67. The van der Waals surface area contributed by atoms with E-state index < -0.39 is 0 Å². The molecule has 0 aliphatic rings. The summed E-state index contributed by atoms with van der Waals surface area (Å²) in [5.41, 5.74) is 0.745. The van der Waals surface area contributed by atoms with Gasteiger partial charge in [0, 0.05) is 18.8 Å². The largest absolute Gasteiger partial charge is 0.394 e. The van der Waals surface area contributed by atoms with E-state index in [0.29, 0.717) is 0 Å². The fraction of sp³-hybridized carbons (Fsp3) is 0.400. The summed E-state index contributed by atoms with van der Waals surface area (Å²) in [5, 5.41) is 9.71. The first-order chi connectivity index (χ1) is 3.68. The monoisotopic (exact) mass is 132 g/mol. The minimum atomic E-state index is 0.0827. The lowest BCUT2D eigenvalue weighted by molar-refractivity contribution is 1.09. The minimum Gasteiger partial charge on any atom is -0.394 e. The molecule has 46 valence electrons. The Morgan fingerprint density at radius 3 is 2.38 bits per heavy atom. The van der Waals surface area contributed by atoms with Gasteiger partial charge >= 0.3 is 0 Å². The topological polar surface area (TPSA) is 35.9 Å². The molecular formula is C5H9ClN2. The van der Waals surface area contributed by atoms with Gasteiger partial charge in [-0.2, -0.15) is 0 Å². The molecule has 0 fully saturated rings. The lowest BCUT2D eigenvalue weighted by Crippen LogP contribution is -1.97. The summed E-state index contributed by atoms with van der Waals surface area (Å²) >= 11 is 5.28. The van der Waals surface area contributed by atoms with Gasteiger partial charge < -0.3 is 5.32 Å². The zero-order valence-electron chi connectivity index (χ0n) is 4.96. The summed E-state index contributed by atoms with van der Waals surface area (Å²) in [7, 11) is 1.77. The summed E-state index contributed by atoms with van der Waals surface area (Å²) in [4.78, 5) is 0. The molecule has 0 saturated heterocycles. The lowest BCUT2D eigenvalue weighted by Gasteiger charge is -1.91. The van der Waals surface area contributed by atoms with Crippen LogP contribution in [0, 0.1) is 5.41 Å². The Balaban J connectivity index is 3.80. The molecule has 0 aromatic rings. The van der Waals surface area contributed by atoms with Gasteiger partial charge in [-0.05, 0) is 6.92 Å². The standard InChI is InChI=1S/C5H9ClN2/c1-4(3-8-2)5(6)7/h3,7-8H,1-2H3/b4-3+,7-5?. The van der Waals surface area contributed by atoms with Crippen molar-refractivity contribution in [3.8, 4) is 0 Å². The van der Waals surface area contributed by atoms with Crippen LogP contribution in [0.3, 0.4) is 0 Å². The van der Waals surface area contributed by atoms with Crippen LogP contribution in [0.15, 0.2) is 11.8 Å². The smallest absolute Gasteiger partial charge is 0.125 e. The third-order valence-corrected chi connectivity index (χ3v) is 1.01. The van der Waals surface area contributed by atoms with Crippen molar-refractivity contribution >= 4 is 16.8 Å². The Hall–Kier alpha value is -0.500. The van der Waals surface area contributed by atoms with E-state index in [1.54, 1.807) is 20.2 Å². The van der Waals surface area contributed by atoms with Crippen molar-refractivity contribution < 1.29 is 0 Å². The first kappa shape index (κ1) is 7.50. The summed E-state index contributed by atoms with van der Waals surface area (Å²) in [6.07, 6.45) is 1.68. The van der Waals surface area contributed by atoms with Gasteiger partial charge in [0.25, 0.3) is 0 Å². The number of rotatable bonds is 2. The van der Waals surface area contributed by atoms with Crippen molar-refractivity contribution in [3.63, 3.8) is 0 Å². The summed E-state index contributed by atoms with van der Waals surface area (Å²) in [5.74, 6) is 0. The Morgan fingerprint density at radius 2 is 2.25 bits per heavy atom. The molecule has 8 heavy (non-hydrogen) atoms. The van der Waals surface area contributed by atoms with Crippen LogP contribution < -0.4 is 5.32 Å². The van der Waals surface area contributed by atoms with Crippen molar-refractivity contribution in [2.75, 3.05) is 7.05 Å². The maximum Gasteiger partial charge on any atom is 0.125 e. The number of hydrogen-bond acceptors (Lipinski definition) is 2. The number of nitrogens with one attached hydrogen (secondary N) is 2. The van der Waals surface area contributed by atoms with Crippen LogP contribution in [0.1, 0.15) is 6.92 Å². The SMILES string of the molecule is CN/C=C(\C)C(=N)Cl. The van der Waals surface area contributed by atoms with Gasteiger partial charge in [-0.1, -0.05) is 11.6 Å². The van der Waals surface area contributed by atoms with Gasteiger partial charge in [0.05, 0.1) is 0 Å². The van der Waals surface area contributed by atoms with E-state index in [1.807, 2.05) is 0 Å². The molecule has 0 aliphatic carbocycles. The van der Waals surface area contributed by atoms with Crippen molar-refractivity contribution in [2.45, 2.75) is 6.92 Å². The van der Waals surface area contributed by atoms with Crippen LogP contribution in [0.2, 0.25) is 0 Å². The molecule has 0 amide bonds. The Bertz CT molecular complexity index is 118. The fourth-order valence-electron chi connectivity index (χ4n) is 0.280. The van der Waals surface area contributed by atoms with Crippen LogP contribution in [-0.4, -0.2) is 12.2 Å². The highest BCUT2D eigenvalue weighted by atomic mass is 35.5. The highest BCUT2D eigenvalue weighted by Crippen LogP contribution is 1.95. The van der Waals surface area contributed by atoms with Crippen LogP contribution in [0.5, 0.6) is 0 Å². The van der Waals surface area contributed by atoms with E-state index in [4.69, 9.17) is 17.0 Å². The fourth-order valence-corrected chi connectivity index (χ4v) is 0.334. The molecule has 0 heterocycles. The molecular weight excluding hydrogens is 124 g/mol. The molecule has 0 atom stereocenters. The number of hydrogen-bond donors (Lipinski definition) is 2. The predicted molar refractivity (Wildman–Crippen MR) is 36.4 cm³/mol. The van der Waals surface area contributed by atoms with Crippen LogP contribution in [0.4, 0.5) is 0 Å². The highest BCUT2D eigenvalue weighted by molar-refractivity contribution is 6.68. The van der Waals surface area contributed by atoms with Crippen molar-refractivity contribution in [1.29, 1.82) is 5.41 Å². The van der Waals surface area contributed by atoms with Crippen LogP contribution >= 0.6 is 11.6 Å². The van der Waals surface area contributed by atoms with E-state index >= 15 is 0 Å². The van der Waals surface area contributed by atoms with Gasteiger partial charge in [-0.3, -0.25) is 5.41 Å². The zero-order valence-corrected chi connectivity index (χ0v) is 5.71. The van der Waals surface area contributed by atoms with E-state index in [1.165, 1.54) is 0 Å². The third-order valence-electron chi connectivity index (χ3n) is 0.707. The molecule has 0 unspecified atom stereocenters. The molecule has 2 nitrogen and oxygen atoms in total. The average molecular weight is 133 g/mol. The van der Waals surface area contributed by atoms with E-state index in [9.17, 15) is 0 Å². The Kier molecular flexibility index (Phi) is 3.28. The van der Waals surface area contributed by atoms with E-state index in [2.05, 4.69) is 5.32 Å². The molecule has 0 bridgehead atoms. The van der Waals surface area contributed by atoms with Gasteiger partial charge in [0.15, 0.2) is 0 Å². The first-order valence-corrected chi connectivity index (χ1v) is 2.64. The molecule has 0 aliphatic heterocycles. The van der Waals surface area contributed by atoms with Gasteiger partial charge in [0.1, 0.15) is 5.17 Å². The van der Waals surface area contributed by atoms with Crippen LogP contribution in [-0.2, 0) is 0 Å². The second-order valence-electron chi connectivity index (χ2n) is 1.43. The summed E-state index contributed by atoms with van der Waals surface area (Å²) in [6, 6.07) is 0. The quantitative estimate of drug-likeness (QED) is 0.547. The minimum absolute atomic E-state index is 0.0827.